The maximum atomic E-state index is 9.05. The Labute approximate surface area is 467 Å². The minimum absolute atomic E-state index is 0. The molecule has 2 aromatic heterocycles. The monoisotopic (exact) mass is 1190 g/mol. The van der Waals surface area contributed by atoms with Crippen molar-refractivity contribution in [2.24, 2.45) is 0 Å². The number of fused-ring (bicyclic) bond motifs is 4. The number of para-hydroxylation sites is 3. The summed E-state index contributed by atoms with van der Waals surface area (Å²) in [5, 5.41) is 6.75. The number of anilines is 4. The summed E-state index contributed by atoms with van der Waals surface area (Å²) in [7, 11) is -2.92. The molecule has 1 aliphatic rings. The van der Waals surface area contributed by atoms with Gasteiger partial charge in [-0.15, -0.1) is 48.1 Å². The van der Waals surface area contributed by atoms with Crippen LogP contribution in [0, 0.1) is 25.7 Å². The molecule has 0 saturated carbocycles. The van der Waals surface area contributed by atoms with E-state index in [-0.39, 0.29) is 37.5 Å². The molecule has 0 spiro atoms. The van der Waals surface area contributed by atoms with Gasteiger partial charge in [-0.2, -0.15) is 12.1 Å². The molecule has 0 radical (unpaired) electrons. The summed E-state index contributed by atoms with van der Waals surface area (Å²) in [6.07, 6.45) is 1.73. The molecule has 0 aliphatic carbocycles. The molecule has 12 rings (SSSR count). The normalized spacial score (nSPS) is 13.5. The Morgan fingerprint density at radius 1 is 0.526 bits per heavy atom. The molecule has 0 N–H and O–H groups in total. The molecule has 11 aromatic rings. The Balaban J connectivity index is 0.00000660. The molecule has 1 aliphatic heterocycles. The van der Waals surface area contributed by atoms with Crippen LogP contribution in [0.5, 0.6) is 11.5 Å². The van der Waals surface area contributed by atoms with Crippen LogP contribution < -0.4 is 35.3 Å². The summed E-state index contributed by atoms with van der Waals surface area (Å²) in [4.78, 5) is 9.56. The first-order valence-electron chi connectivity index (χ1n) is 27.2. The molecule has 378 valence electrons. The minimum atomic E-state index is -2.92. The number of rotatable bonds is 10. The van der Waals surface area contributed by atoms with Crippen molar-refractivity contribution in [2.75, 3.05) is 9.80 Å². The standard InChI is InChI=1S/C69H59N4OSi.Pt/c1-48-39-67(70-46-62(48)49-23-21-32-59(40-49)75(56-26-11-8-12-27-56,57-28-13-9-14-29-57)58-30-15-10-16-31-58)73-63-34-18-17-33-60(63)61-38-37-55(45-66(61)73)74-54-25-22-24-52(44-54)71-47-72(65-36-20-19-35-64(65)71)53-42-50(68(2,3)4)41-51(43-53)69(5,6)7;/h8-43,46-47H,1-7H3;/q-3;/i1D3;. The summed E-state index contributed by atoms with van der Waals surface area (Å²) >= 11 is 0. The summed E-state index contributed by atoms with van der Waals surface area (Å²) in [5.41, 5.74) is 9.64. The molecule has 0 saturated heterocycles. The molecule has 0 bridgehead atoms. The minimum Gasteiger partial charge on any atom is -0.509 e. The van der Waals surface area contributed by atoms with Gasteiger partial charge in [-0.3, -0.25) is 0 Å². The van der Waals surface area contributed by atoms with Crippen molar-refractivity contribution >= 4 is 73.4 Å². The molecular formula is C69H59N4OPtSi-3. The Hall–Kier alpha value is -7.76. The summed E-state index contributed by atoms with van der Waals surface area (Å²) in [6.45, 7) is 13.3. The van der Waals surface area contributed by atoms with Gasteiger partial charge in [0, 0.05) is 71.0 Å². The third-order valence-electron chi connectivity index (χ3n) is 14.7. The fraction of sp³-hybridized carbons (Fsp3) is 0.130. The van der Waals surface area contributed by atoms with Gasteiger partial charge < -0.3 is 19.1 Å². The molecule has 0 unspecified atom stereocenters. The number of ether oxygens (including phenoxy) is 1. The van der Waals surface area contributed by atoms with E-state index in [0.29, 0.717) is 28.4 Å². The van der Waals surface area contributed by atoms with Crippen LogP contribution >= 0.6 is 0 Å². The summed E-state index contributed by atoms with van der Waals surface area (Å²) < 4.78 is 35.8. The van der Waals surface area contributed by atoms with Gasteiger partial charge in [0.1, 0.15) is 5.82 Å². The zero-order chi connectivity index (χ0) is 54.0. The van der Waals surface area contributed by atoms with Gasteiger partial charge >= 0.3 is 0 Å². The van der Waals surface area contributed by atoms with Crippen LogP contribution in [0.15, 0.2) is 225 Å². The van der Waals surface area contributed by atoms with E-state index in [9.17, 15) is 0 Å². The van der Waals surface area contributed by atoms with Crippen molar-refractivity contribution in [2.45, 2.75) is 59.2 Å². The number of nitrogens with zero attached hydrogens (tertiary/aromatic N) is 4. The van der Waals surface area contributed by atoms with Crippen molar-refractivity contribution in [1.82, 2.24) is 9.55 Å². The third-order valence-corrected chi connectivity index (χ3v) is 19.5. The molecular weight excluding hydrogens is 1120 g/mol. The molecule has 3 heterocycles. The maximum Gasteiger partial charge on any atom is 0.179 e. The van der Waals surface area contributed by atoms with Gasteiger partial charge in [0.15, 0.2) is 8.07 Å². The zero-order valence-electron chi connectivity index (χ0n) is 46.5. The molecule has 7 heteroatoms. The van der Waals surface area contributed by atoms with Crippen LogP contribution in [-0.2, 0) is 31.9 Å². The SMILES string of the molecule is [2H]C([2H])([2H])c1cc(-n2c3[c-]c(Oc4[c-]c(N5[CH-]N(c6cc(C(C)(C)C)cc(C(C)(C)C)c6)c6ccccc65)ccc4)ccc3c3ccccc32)ncc1-c1cccc([Si](c2ccccc2)(c2ccccc2)c2ccccc2)c1.[Pt]. The number of hydrogen-bond acceptors (Lipinski definition) is 4. The van der Waals surface area contributed by atoms with Gasteiger partial charge in [0.2, 0.25) is 0 Å². The molecule has 9 aromatic carbocycles. The zero-order valence-corrected chi connectivity index (χ0v) is 46.7. The Bertz CT molecular complexity index is 3890. The Kier molecular flexibility index (Phi) is 12.3. The fourth-order valence-electron chi connectivity index (χ4n) is 10.8. The number of aryl methyl sites for hydroxylation is 1. The predicted octanol–water partition coefficient (Wildman–Crippen LogP) is 14.9. The second kappa shape index (κ2) is 20.1. The van der Waals surface area contributed by atoms with Crippen molar-refractivity contribution in [3.05, 3.63) is 260 Å². The molecule has 0 amide bonds. The quantitative estimate of drug-likeness (QED) is 0.0776. The van der Waals surface area contributed by atoms with Crippen molar-refractivity contribution in [3.63, 3.8) is 0 Å². The number of hydrogen-bond donors (Lipinski definition) is 0. The topological polar surface area (TPSA) is 33.5 Å². The van der Waals surface area contributed by atoms with Crippen LogP contribution in [0.4, 0.5) is 22.7 Å². The van der Waals surface area contributed by atoms with Gasteiger partial charge in [0.05, 0.1) is 0 Å². The number of pyridine rings is 1. The fourth-order valence-corrected chi connectivity index (χ4v) is 15.6. The van der Waals surface area contributed by atoms with E-state index in [1.54, 1.807) is 12.3 Å². The first kappa shape index (κ1) is 46.7. The maximum absolute atomic E-state index is 9.05. The number of benzene rings is 9. The van der Waals surface area contributed by atoms with Crippen LogP contribution in [0.3, 0.4) is 0 Å². The van der Waals surface area contributed by atoms with Gasteiger partial charge in [0.25, 0.3) is 0 Å². The van der Waals surface area contributed by atoms with E-state index in [1.165, 1.54) is 26.7 Å². The van der Waals surface area contributed by atoms with Crippen molar-refractivity contribution in [1.29, 1.82) is 0 Å². The Morgan fingerprint density at radius 2 is 1.09 bits per heavy atom. The smallest absolute Gasteiger partial charge is 0.179 e. The van der Waals surface area contributed by atoms with Gasteiger partial charge in [-0.1, -0.05) is 199 Å². The average Bonchev–Trinajstić information content (AvgIpc) is 4.27. The molecule has 0 atom stereocenters. The van der Waals surface area contributed by atoms with E-state index in [2.05, 4.69) is 228 Å². The van der Waals surface area contributed by atoms with Crippen LogP contribution in [0.2, 0.25) is 0 Å². The van der Waals surface area contributed by atoms with E-state index >= 15 is 0 Å². The van der Waals surface area contributed by atoms with Gasteiger partial charge in [-0.05, 0) is 102 Å². The first-order chi connectivity index (χ1) is 37.6. The number of aromatic nitrogens is 2. The summed E-state index contributed by atoms with van der Waals surface area (Å²) in [5.74, 6) is 1.47. The predicted molar refractivity (Wildman–Crippen MR) is 315 cm³/mol. The van der Waals surface area contributed by atoms with Crippen LogP contribution in [-0.4, -0.2) is 17.6 Å². The third kappa shape index (κ3) is 9.08. The average molecular weight is 1190 g/mol. The van der Waals surface area contributed by atoms with Gasteiger partial charge in [-0.25, -0.2) is 4.98 Å². The van der Waals surface area contributed by atoms with Crippen molar-refractivity contribution in [3.8, 4) is 28.4 Å². The van der Waals surface area contributed by atoms with E-state index in [0.717, 1.165) is 49.8 Å². The second-order valence-corrected chi connectivity index (χ2v) is 25.4. The molecule has 76 heavy (non-hydrogen) atoms. The van der Waals surface area contributed by atoms with Crippen LogP contribution in [0.1, 0.15) is 62.3 Å². The molecule has 0 fully saturated rings. The second-order valence-electron chi connectivity index (χ2n) is 21.6. The largest absolute Gasteiger partial charge is 0.509 e. The van der Waals surface area contributed by atoms with Crippen LogP contribution in [0.25, 0.3) is 38.8 Å². The Morgan fingerprint density at radius 3 is 1.72 bits per heavy atom. The molecule has 5 nitrogen and oxygen atoms in total. The summed E-state index contributed by atoms with van der Waals surface area (Å²) in [6, 6.07) is 83.0. The van der Waals surface area contributed by atoms with E-state index < -0.39 is 14.9 Å². The van der Waals surface area contributed by atoms with Crippen molar-refractivity contribution < 1.29 is 29.9 Å². The van der Waals surface area contributed by atoms with E-state index in [1.807, 2.05) is 59.2 Å². The van der Waals surface area contributed by atoms with E-state index in [4.69, 9.17) is 13.8 Å². The first-order valence-corrected chi connectivity index (χ1v) is 27.7.